The van der Waals surface area contributed by atoms with E-state index in [1.807, 2.05) is 62.5 Å². The predicted molar refractivity (Wildman–Crippen MR) is 112 cm³/mol. The first-order valence-electron chi connectivity index (χ1n) is 9.34. The van der Waals surface area contributed by atoms with Crippen LogP contribution >= 0.6 is 11.3 Å². The molecule has 0 saturated heterocycles. The van der Waals surface area contributed by atoms with Gasteiger partial charge in [0.2, 0.25) is 0 Å². The van der Waals surface area contributed by atoms with Gasteiger partial charge in [-0.2, -0.15) is 0 Å². The molecule has 4 rings (SSSR count). The number of rotatable bonds is 5. The van der Waals surface area contributed by atoms with Gasteiger partial charge in [-0.3, -0.25) is 9.78 Å². The van der Waals surface area contributed by atoms with E-state index in [0.717, 1.165) is 28.3 Å². The molecule has 1 aliphatic heterocycles. The molecule has 0 saturated carbocycles. The van der Waals surface area contributed by atoms with Crippen molar-refractivity contribution >= 4 is 22.9 Å². The second-order valence-corrected chi connectivity index (χ2v) is 7.73. The maximum absolute atomic E-state index is 12.9. The van der Waals surface area contributed by atoms with Gasteiger partial charge in [-0.1, -0.05) is 6.07 Å². The summed E-state index contributed by atoms with van der Waals surface area (Å²) in [5.74, 6) is 1.25. The zero-order valence-electron chi connectivity index (χ0n) is 16.1. The number of aromatic nitrogens is 1. The minimum Gasteiger partial charge on any atom is -0.492 e. The lowest BCUT2D eigenvalue weighted by Gasteiger charge is -2.14. The number of thiophene rings is 1. The van der Waals surface area contributed by atoms with Crippen LogP contribution in [0.1, 0.15) is 35.5 Å². The van der Waals surface area contributed by atoms with Gasteiger partial charge in [-0.05, 0) is 50.4 Å². The molecule has 6 heteroatoms. The molecule has 0 radical (unpaired) electrons. The number of fused-ring (bicyclic) bond motifs is 1. The summed E-state index contributed by atoms with van der Waals surface area (Å²) in [5.41, 5.74) is 3.82. The number of benzene rings is 1. The lowest BCUT2D eigenvalue weighted by Crippen LogP contribution is -2.15. The van der Waals surface area contributed by atoms with E-state index in [9.17, 15) is 4.79 Å². The lowest BCUT2D eigenvalue weighted by atomic mass is 10.1. The molecule has 28 heavy (non-hydrogen) atoms. The number of anilines is 1. The normalized spacial score (nSPS) is 15.0. The van der Waals surface area contributed by atoms with Gasteiger partial charge in [-0.25, -0.2) is 0 Å². The number of carbonyl (C=O) groups excluding carboxylic acids is 1. The minimum atomic E-state index is -0.213. The highest BCUT2D eigenvalue weighted by atomic mass is 32.1. The van der Waals surface area contributed by atoms with Crippen molar-refractivity contribution in [3.05, 3.63) is 58.6 Å². The van der Waals surface area contributed by atoms with Crippen LogP contribution in [-0.4, -0.2) is 23.6 Å². The molecule has 1 unspecified atom stereocenters. The lowest BCUT2D eigenvalue weighted by molar-refractivity contribution is 0.102. The molecule has 0 fully saturated rings. The first kappa shape index (κ1) is 18.5. The first-order chi connectivity index (χ1) is 13.5. The van der Waals surface area contributed by atoms with E-state index in [1.165, 1.54) is 0 Å². The number of carbonyl (C=O) groups is 1. The second kappa shape index (κ2) is 7.64. The first-order valence-corrected chi connectivity index (χ1v) is 10.2. The van der Waals surface area contributed by atoms with Crippen LogP contribution in [-0.2, 0) is 6.42 Å². The summed E-state index contributed by atoms with van der Waals surface area (Å²) in [6.07, 6.45) is 0.975. The number of pyridine rings is 1. The number of nitrogens with one attached hydrogen (secondary N) is 1. The van der Waals surface area contributed by atoms with Crippen molar-refractivity contribution < 1.29 is 14.3 Å². The summed E-state index contributed by atoms with van der Waals surface area (Å²) in [4.78, 5) is 18.6. The molecule has 1 amide bonds. The fraction of sp³-hybridized carbons (Fsp3) is 0.273. The average molecular weight is 394 g/mol. The standard InChI is InChI=1S/C22H22N2O3S/c1-4-26-20-11-15-10-13(2)27-19(15)12-18(20)24-22(25)16-7-8-17(23-14(16)3)21-6-5-9-28-21/h5-9,11-13H,4,10H2,1-3H3,(H,24,25). The van der Waals surface area contributed by atoms with Crippen LogP contribution in [0.5, 0.6) is 11.5 Å². The fourth-order valence-electron chi connectivity index (χ4n) is 3.36. The van der Waals surface area contributed by atoms with E-state index < -0.39 is 0 Å². The number of amides is 1. The molecule has 144 valence electrons. The molecule has 1 aliphatic rings. The highest BCUT2D eigenvalue weighted by Crippen LogP contribution is 2.38. The number of ether oxygens (including phenoxy) is 2. The maximum Gasteiger partial charge on any atom is 0.257 e. The van der Waals surface area contributed by atoms with Crippen molar-refractivity contribution in [2.45, 2.75) is 33.3 Å². The Labute approximate surface area is 168 Å². The molecule has 0 bridgehead atoms. The van der Waals surface area contributed by atoms with Crippen LogP contribution in [0.3, 0.4) is 0 Å². The highest BCUT2D eigenvalue weighted by Gasteiger charge is 2.23. The molecular formula is C22H22N2O3S. The Morgan fingerprint density at radius 2 is 2.21 bits per heavy atom. The van der Waals surface area contributed by atoms with Crippen LogP contribution in [0.15, 0.2) is 41.8 Å². The Bertz CT molecular complexity index is 1010. The molecule has 2 aromatic heterocycles. The zero-order chi connectivity index (χ0) is 19.7. The monoisotopic (exact) mass is 394 g/mol. The molecular weight excluding hydrogens is 372 g/mol. The molecule has 0 aliphatic carbocycles. The smallest absolute Gasteiger partial charge is 0.257 e. The number of hydrogen-bond acceptors (Lipinski definition) is 5. The second-order valence-electron chi connectivity index (χ2n) is 6.78. The van der Waals surface area contributed by atoms with Crippen molar-refractivity contribution in [3.8, 4) is 22.1 Å². The third-order valence-corrected chi connectivity index (χ3v) is 5.54. The van der Waals surface area contributed by atoms with Gasteiger partial charge in [0, 0.05) is 18.1 Å². The van der Waals surface area contributed by atoms with E-state index in [-0.39, 0.29) is 12.0 Å². The van der Waals surface area contributed by atoms with Crippen molar-refractivity contribution in [1.82, 2.24) is 4.98 Å². The molecule has 3 aromatic rings. The molecule has 0 spiro atoms. The SMILES string of the molecule is CCOc1cc2c(cc1NC(=O)c1ccc(-c3cccs3)nc1C)OC(C)C2. The Morgan fingerprint density at radius 3 is 2.93 bits per heavy atom. The van der Waals surface area contributed by atoms with E-state index in [2.05, 4.69) is 10.3 Å². The van der Waals surface area contributed by atoms with Gasteiger partial charge in [-0.15, -0.1) is 11.3 Å². The summed E-state index contributed by atoms with van der Waals surface area (Å²) in [6, 6.07) is 11.5. The topological polar surface area (TPSA) is 60.5 Å². The van der Waals surface area contributed by atoms with Crippen LogP contribution in [0, 0.1) is 6.92 Å². The number of aryl methyl sites for hydroxylation is 1. The van der Waals surface area contributed by atoms with E-state index >= 15 is 0 Å². The largest absolute Gasteiger partial charge is 0.492 e. The molecule has 1 aromatic carbocycles. The summed E-state index contributed by atoms with van der Waals surface area (Å²) < 4.78 is 11.6. The van der Waals surface area contributed by atoms with Crippen molar-refractivity contribution in [3.63, 3.8) is 0 Å². The van der Waals surface area contributed by atoms with Gasteiger partial charge < -0.3 is 14.8 Å². The van der Waals surface area contributed by atoms with E-state index in [0.29, 0.717) is 29.3 Å². The quantitative estimate of drug-likeness (QED) is 0.655. The Hall–Kier alpha value is -2.86. The Morgan fingerprint density at radius 1 is 1.36 bits per heavy atom. The number of hydrogen-bond donors (Lipinski definition) is 1. The van der Waals surface area contributed by atoms with Crippen molar-refractivity contribution in [2.24, 2.45) is 0 Å². The summed E-state index contributed by atoms with van der Waals surface area (Å²) >= 11 is 1.63. The zero-order valence-corrected chi connectivity index (χ0v) is 16.9. The fourth-order valence-corrected chi connectivity index (χ4v) is 4.06. The minimum absolute atomic E-state index is 0.131. The Kier molecular flexibility index (Phi) is 5.05. The van der Waals surface area contributed by atoms with E-state index in [4.69, 9.17) is 9.47 Å². The van der Waals surface area contributed by atoms with Crippen LogP contribution in [0.2, 0.25) is 0 Å². The molecule has 3 heterocycles. The predicted octanol–water partition coefficient (Wildman–Crippen LogP) is 5.09. The van der Waals surface area contributed by atoms with Crippen molar-refractivity contribution in [1.29, 1.82) is 0 Å². The molecule has 1 N–H and O–H groups in total. The average Bonchev–Trinajstić information content (AvgIpc) is 3.31. The molecule has 1 atom stereocenters. The van der Waals surface area contributed by atoms with Crippen molar-refractivity contribution in [2.75, 3.05) is 11.9 Å². The third kappa shape index (κ3) is 3.60. The maximum atomic E-state index is 12.9. The van der Waals surface area contributed by atoms with E-state index in [1.54, 1.807) is 11.3 Å². The summed E-state index contributed by atoms with van der Waals surface area (Å²) in [7, 11) is 0. The summed E-state index contributed by atoms with van der Waals surface area (Å²) in [6.45, 7) is 6.33. The Balaban J connectivity index is 1.61. The van der Waals surface area contributed by atoms with Gasteiger partial charge in [0.15, 0.2) is 0 Å². The van der Waals surface area contributed by atoms with Gasteiger partial charge in [0.25, 0.3) is 5.91 Å². The van der Waals surface area contributed by atoms with Crippen LogP contribution < -0.4 is 14.8 Å². The van der Waals surface area contributed by atoms with Gasteiger partial charge in [0.05, 0.1) is 34.1 Å². The van der Waals surface area contributed by atoms with Crippen LogP contribution in [0.4, 0.5) is 5.69 Å². The number of nitrogens with zero attached hydrogens (tertiary/aromatic N) is 1. The van der Waals surface area contributed by atoms with Gasteiger partial charge in [0.1, 0.15) is 17.6 Å². The third-order valence-electron chi connectivity index (χ3n) is 4.65. The summed E-state index contributed by atoms with van der Waals surface area (Å²) in [5, 5.41) is 4.98. The molecule has 5 nitrogen and oxygen atoms in total. The van der Waals surface area contributed by atoms with Crippen LogP contribution in [0.25, 0.3) is 10.6 Å². The van der Waals surface area contributed by atoms with Gasteiger partial charge >= 0.3 is 0 Å². The highest BCUT2D eigenvalue weighted by molar-refractivity contribution is 7.13.